The average Bonchev–Trinajstić information content (AvgIpc) is 3.59. The molecule has 0 radical (unpaired) electrons. The number of likely N-dealkylation sites (tertiary alicyclic amines) is 1. The molecule has 1 fully saturated rings. The molecule has 2 atom stereocenters. The topological polar surface area (TPSA) is 107 Å². The van der Waals surface area contributed by atoms with Gasteiger partial charge in [0.05, 0.1) is 17.3 Å². The number of nitrogens with two attached hydrogens (primary N) is 1. The van der Waals surface area contributed by atoms with Gasteiger partial charge in [0.2, 0.25) is 0 Å². The van der Waals surface area contributed by atoms with Crippen LogP contribution in [0.15, 0.2) is 30.7 Å². The summed E-state index contributed by atoms with van der Waals surface area (Å²) in [5.74, 6) is 0.242. The van der Waals surface area contributed by atoms with Crippen molar-refractivity contribution in [2.45, 2.75) is 57.4 Å². The standard InChI is InChI=1S/C23H27F3N8O/c1-3-32-9-6-28-20(32)14(2)30-21(35)33-7-4-22(13-33)5-8-34-18(22)11-17(31-34)15-10-16(23(24,25)26)19(27)29-12-15/h6,9-12,14H,3-5,7-8,13H2,1-2H3,(H2,27,29)(H,30,35). The van der Waals surface area contributed by atoms with Gasteiger partial charge in [0.1, 0.15) is 11.6 Å². The summed E-state index contributed by atoms with van der Waals surface area (Å²) in [6.45, 7) is 6.44. The van der Waals surface area contributed by atoms with Crippen LogP contribution in [0.25, 0.3) is 11.3 Å². The van der Waals surface area contributed by atoms with Crippen molar-refractivity contribution in [1.82, 2.24) is 34.5 Å². The van der Waals surface area contributed by atoms with E-state index in [-0.39, 0.29) is 23.1 Å². The predicted molar refractivity (Wildman–Crippen MR) is 122 cm³/mol. The highest BCUT2D eigenvalue weighted by Crippen LogP contribution is 2.44. The van der Waals surface area contributed by atoms with Gasteiger partial charge in [-0.15, -0.1) is 0 Å². The normalized spacial score (nSPS) is 20.4. The molecular formula is C23H27F3N8O. The van der Waals surface area contributed by atoms with E-state index in [2.05, 4.69) is 20.4 Å². The van der Waals surface area contributed by atoms with Crippen molar-refractivity contribution in [3.8, 4) is 11.3 Å². The summed E-state index contributed by atoms with van der Waals surface area (Å²) >= 11 is 0. The SMILES string of the molecule is CCn1ccnc1C(C)NC(=O)N1CCC2(CCn3nc(-c4cnc(N)c(C(F)(F)F)c4)cc32)C1. The number of carbonyl (C=O) groups is 1. The number of aryl methyl sites for hydroxylation is 2. The Morgan fingerprint density at radius 2 is 2.03 bits per heavy atom. The molecule has 35 heavy (non-hydrogen) atoms. The molecule has 1 spiro atoms. The Morgan fingerprint density at radius 1 is 1.26 bits per heavy atom. The zero-order valence-corrected chi connectivity index (χ0v) is 19.5. The summed E-state index contributed by atoms with van der Waals surface area (Å²) in [4.78, 5) is 22.9. The fourth-order valence-corrected chi connectivity index (χ4v) is 5.21. The monoisotopic (exact) mass is 488 g/mol. The molecule has 186 valence electrons. The number of imidazole rings is 1. The minimum Gasteiger partial charge on any atom is -0.383 e. The lowest BCUT2D eigenvalue weighted by Crippen LogP contribution is -2.41. The molecule has 2 unspecified atom stereocenters. The van der Waals surface area contributed by atoms with Crippen LogP contribution in [0.4, 0.5) is 23.8 Å². The Morgan fingerprint density at radius 3 is 2.77 bits per heavy atom. The number of fused-ring (bicyclic) bond motifs is 2. The summed E-state index contributed by atoms with van der Waals surface area (Å²) in [7, 11) is 0. The van der Waals surface area contributed by atoms with Gasteiger partial charge in [-0.05, 0) is 38.8 Å². The van der Waals surface area contributed by atoms with E-state index in [1.54, 1.807) is 11.1 Å². The number of urea groups is 1. The molecule has 0 aromatic carbocycles. The van der Waals surface area contributed by atoms with E-state index in [4.69, 9.17) is 5.73 Å². The molecule has 2 amide bonds. The van der Waals surface area contributed by atoms with Crippen LogP contribution in [0.2, 0.25) is 0 Å². The van der Waals surface area contributed by atoms with Crippen molar-refractivity contribution in [3.63, 3.8) is 0 Å². The number of pyridine rings is 1. The highest BCUT2D eigenvalue weighted by Gasteiger charge is 2.47. The molecule has 9 nitrogen and oxygen atoms in total. The number of nitrogen functional groups attached to an aromatic ring is 1. The van der Waals surface area contributed by atoms with E-state index in [0.29, 0.717) is 25.3 Å². The van der Waals surface area contributed by atoms with Crippen molar-refractivity contribution in [2.75, 3.05) is 18.8 Å². The van der Waals surface area contributed by atoms with Gasteiger partial charge in [-0.3, -0.25) is 4.68 Å². The number of amides is 2. The van der Waals surface area contributed by atoms with E-state index < -0.39 is 17.6 Å². The zero-order chi connectivity index (χ0) is 25.0. The minimum absolute atomic E-state index is 0.157. The third kappa shape index (κ3) is 4.00. The van der Waals surface area contributed by atoms with Gasteiger partial charge in [-0.2, -0.15) is 18.3 Å². The molecule has 3 aromatic rings. The fraction of sp³-hybridized carbons (Fsp3) is 0.478. The fourth-order valence-electron chi connectivity index (χ4n) is 5.21. The van der Waals surface area contributed by atoms with Gasteiger partial charge >= 0.3 is 12.2 Å². The first-order valence-electron chi connectivity index (χ1n) is 11.6. The molecule has 5 rings (SSSR count). The molecule has 0 aliphatic carbocycles. The number of rotatable bonds is 4. The van der Waals surface area contributed by atoms with E-state index in [9.17, 15) is 18.0 Å². The minimum atomic E-state index is -4.60. The number of hydrogen-bond acceptors (Lipinski definition) is 5. The van der Waals surface area contributed by atoms with Gasteiger partial charge in [-0.1, -0.05) is 0 Å². The second-order valence-electron chi connectivity index (χ2n) is 9.24. The second-order valence-corrected chi connectivity index (χ2v) is 9.24. The number of nitrogens with zero attached hydrogens (tertiary/aromatic N) is 6. The van der Waals surface area contributed by atoms with Crippen LogP contribution >= 0.6 is 0 Å². The Kier molecular flexibility index (Phi) is 5.48. The maximum atomic E-state index is 13.3. The number of nitrogens with one attached hydrogen (secondary N) is 1. The van der Waals surface area contributed by atoms with Crippen molar-refractivity contribution in [3.05, 3.63) is 47.8 Å². The van der Waals surface area contributed by atoms with Crippen molar-refractivity contribution in [1.29, 1.82) is 0 Å². The van der Waals surface area contributed by atoms with Crippen LogP contribution in [-0.2, 0) is 24.7 Å². The van der Waals surface area contributed by atoms with Gasteiger partial charge < -0.3 is 20.5 Å². The highest BCUT2D eigenvalue weighted by molar-refractivity contribution is 5.75. The molecule has 3 N–H and O–H groups in total. The molecule has 0 bridgehead atoms. The molecule has 2 aliphatic heterocycles. The molecule has 1 saturated heterocycles. The Labute approximate surface area is 200 Å². The van der Waals surface area contributed by atoms with Crippen molar-refractivity contribution < 1.29 is 18.0 Å². The van der Waals surface area contributed by atoms with Crippen molar-refractivity contribution in [2.24, 2.45) is 0 Å². The first-order chi connectivity index (χ1) is 16.6. The van der Waals surface area contributed by atoms with Gasteiger partial charge in [0.15, 0.2) is 0 Å². The van der Waals surface area contributed by atoms with E-state index in [0.717, 1.165) is 37.0 Å². The van der Waals surface area contributed by atoms with E-state index in [1.807, 2.05) is 35.4 Å². The van der Waals surface area contributed by atoms with Crippen LogP contribution in [0.1, 0.15) is 49.8 Å². The highest BCUT2D eigenvalue weighted by atomic mass is 19.4. The molecular weight excluding hydrogens is 461 g/mol. The summed E-state index contributed by atoms with van der Waals surface area (Å²) in [5.41, 5.74) is 5.80. The number of alkyl halides is 3. The van der Waals surface area contributed by atoms with Gasteiger partial charge in [-0.25, -0.2) is 14.8 Å². The molecule has 3 aromatic heterocycles. The van der Waals surface area contributed by atoms with Gasteiger partial charge in [0, 0.05) is 61.4 Å². The third-order valence-electron chi connectivity index (χ3n) is 7.10. The largest absolute Gasteiger partial charge is 0.419 e. The predicted octanol–water partition coefficient (Wildman–Crippen LogP) is 3.58. The molecule has 2 aliphatic rings. The zero-order valence-electron chi connectivity index (χ0n) is 19.5. The number of anilines is 1. The lowest BCUT2D eigenvalue weighted by molar-refractivity contribution is -0.137. The number of hydrogen-bond donors (Lipinski definition) is 2. The van der Waals surface area contributed by atoms with Crippen LogP contribution in [0.5, 0.6) is 0 Å². The molecule has 5 heterocycles. The van der Waals surface area contributed by atoms with Crippen molar-refractivity contribution >= 4 is 11.8 Å². The van der Waals surface area contributed by atoms with E-state index in [1.165, 1.54) is 6.20 Å². The quantitative estimate of drug-likeness (QED) is 0.584. The van der Waals surface area contributed by atoms with Crippen LogP contribution < -0.4 is 11.1 Å². The van der Waals surface area contributed by atoms with Crippen LogP contribution in [0.3, 0.4) is 0 Å². The van der Waals surface area contributed by atoms with Crippen LogP contribution in [0, 0.1) is 0 Å². The molecule has 12 heteroatoms. The lowest BCUT2D eigenvalue weighted by atomic mass is 9.82. The second kappa shape index (κ2) is 8.28. The van der Waals surface area contributed by atoms with Gasteiger partial charge in [0.25, 0.3) is 0 Å². The Balaban J connectivity index is 1.34. The lowest BCUT2D eigenvalue weighted by Gasteiger charge is -2.25. The maximum absolute atomic E-state index is 13.3. The smallest absolute Gasteiger partial charge is 0.383 e. The summed E-state index contributed by atoms with van der Waals surface area (Å²) in [6.07, 6.45) is 1.90. The molecule has 0 saturated carbocycles. The Bertz CT molecular complexity index is 1270. The summed E-state index contributed by atoms with van der Waals surface area (Å²) in [6, 6.07) is 2.41. The summed E-state index contributed by atoms with van der Waals surface area (Å²) < 4.78 is 43.7. The Hall–Kier alpha value is -3.57. The van der Waals surface area contributed by atoms with E-state index >= 15 is 0 Å². The third-order valence-corrected chi connectivity index (χ3v) is 7.10. The number of carbonyl (C=O) groups excluding carboxylic acids is 1. The van der Waals surface area contributed by atoms with Crippen LogP contribution in [-0.4, -0.2) is 48.3 Å². The first-order valence-corrected chi connectivity index (χ1v) is 11.6. The summed E-state index contributed by atoms with van der Waals surface area (Å²) in [5, 5.41) is 7.58. The maximum Gasteiger partial charge on any atom is 0.419 e. The number of aromatic nitrogens is 5. The first kappa shape index (κ1) is 23.2. The average molecular weight is 489 g/mol. The number of halogens is 3.